The molecule has 0 aromatic heterocycles. The number of esters is 1. The van der Waals surface area contributed by atoms with E-state index in [1.165, 1.54) is 257 Å². The maximum absolute atomic E-state index is 12.5. The summed E-state index contributed by atoms with van der Waals surface area (Å²) < 4.78 is 5.47. The van der Waals surface area contributed by atoms with E-state index in [1.807, 2.05) is 0 Å². The maximum atomic E-state index is 12.5. The molecule has 66 heavy (non-hydrogen) atoms. The number of carbonyl (C=O) groups excluding carboxylic acids is 2. The lowest BCUT2D eigenvalue weighted by Crippen LogP contribution is -2.45. The van der Waals surface area contributed by atoms with Crippen LogP contribution in [0.15, 0.2) is 12.2 Å². The molecule has 2 atom stereocenters. The maximum Gasteiger partial charge on any atom is 0.305 e. The Balaban J connectivity index is 3.37. The van der Waals surface area contributed by atoms with Crippen molar-refractivity contribution in [2.45, 2.75) is 347 Å². The number of aliphatic hydroxyl groups is 2. The van der Waals surface area contributed by atoms with Gasteiger partial charge in [0.15, 0.2) is 0 Å². The number of nitrogens with one attached hydrogen (secondary N) is 1. The van der Waals surface area contributed by atoms with Crippen molar-refractivity contribution in [1.29, 1.82) is 0 Å². The highest BCUT2D eigenvalue weighted by molar-refractivity contribution is 5.76. The van der Waals surface area contributed by atoms with Gasteiger partial charge in [0.2, 0.25) is 5.91 Å². The molecule has 2 unspecified atom stereocenters. The number of carbonyl (C=O) groups is 2. The quantitative estimate of drug-likeness (QED) is 0.0321. The van der Waals surface area contributed by atoms with Crippen molar-refractivity contribution in [2.75, 3.05) is 13.2 Å². The predicted molar refractivity (Wildman–Crippen MR) is 287 cm³/mol. The number of unbranched alkanes of at least 4 members (excludes halogenated alkanes) is 43. The Bertz CT molecular complexity index is 986. The van der Waals surface area contributed by atoms with Gasteiger partial charge in [-0.1, -0.05) is 283 Å². The summed E-state index contributed by atoms with van der Waals surface area (Å²) in [6.45, 7) is 4.95. The van der Waals surface area contributed by atoms with Crippen molar-refractivity contribution >= 4 is 11.9 Å². The third-order valence-corrected chi connectivity index (χ3v) is 14.1. The number of amides is 1. The lowest BCUT2D eigenvalue weighted by atomic mass is 10.0. The second-order valence-electron chi connectivity index (χ2n) is 20.7. The van der Waals surface area contributed by atoms with Crippen molar-refractivity contribution in [3.8, 4) is 0 Å². The average Bonchev–Trinajstić information content (AvgIpc) is 3.32. The molecule has 0 aliphatic rings. The zero-order valence-electron chi connectivity index (χ0n) is 44.7. The highest BCUT2D eigenvalue weighted by Crippen LogP contribution is 2.18. The van der Waals surface area contributed by atoms with Gasteiger partial charge < -0.3 is 20.3 Å². The Kier molecular flexibility index (Phi) is 55.0. The summed E-state index contributed by atoms with van der Waals surface area (Å²) in [5, 5.41) is 23.3. The van der Waals surface area contributed by atoms with E-state index in [0.29, 0.717) is 25.9 Å². The SMILES string of the molecule is CCCCCC/C=C\CCCCCCCC(=O)OCCCCCCCCCCCCCCCCCCCCCCCCC(=O)NC(CO)C(O)CCCCCCCCCCCCCCCC. The van der Waals surface area contributed by atoms with E-state index in [9.17, 15) is 19.8 Å². The highest BCUT2D eigenvalue weighted by Gasteiger charge is 2.20. The van der Waals surface area contributed by atoms with Gasteiger partial charge in [0.1, 0.15) is 0 Å². The van der Waals surface area contributed by atoms with Crippen LogP contribution in [0.2, 0.25) is 0 Å². The molecule has 0 spiro atoms. The van der Waals surface area contributed by atoms with Crippen molar-refractivity contribution in [3.05, 3.63) is 12.2 Å². The summed E-state index contributed by atoms with van der Waals surface area (Å²) in [4.78, 5) is 24.5. The molecule has 0 radical (unpaired) electrons. The molecule has 1 amide bonds. The van der Waals surface area contributed by atoms with Crippen LogP contribution in [0.4, 0.5) is 0 Å². The Morgan fingerprint density at radius 2 is 0.712 bits per heavy atom. The minimum absolute atomic E-state index is 0.00451. The molecule has 0 bridgehead atoms. The van der Waals surface area contributed by atoms with E-state index in [4.69, 9.17) is 4.74 Å². The van der Waals surface area contributed by atoms with Crippen LogP contribution in [0.3, 0.4) is 0 Å². The summed E-state index contributed by atoms with van der Waals surface area (Å²) in [5.74, 6) is -0.0289. The first-order valence-electron chi connectivity index (χ1n) is 29.9. The van der Waals surface area contributed by atoms with Crippen LogP contribution in [0.5, 0.6) is 0 Å². The average molecular weight is 933 g/mol. The van der Waals surface area contributed by atoms with Crippen LogP contribution in [0, 0.1) is 0 Å². The van der Waals surface area contributed by atoms with Gasteiger partial charge in [0.05, 0.1) is 25.4 Å². The number of allylic oxidation sites excluding steroid dienone is 2. The minimum atomic E-state index is -0.663. The van der Waals surface area contributed by atoms with Gasteiger partial charge in [0, 0.05) is 12.8 Å². The summed E-state index contributed by atoms with van der Waals surface area (Å²) >= 11 is 0. The van der Waals surface area contributed by atoms with E-state index in [-0.39, 0.29) is 18.5 Å². The van der Waals surface area contributed by atoms with Crippen LogP contribution >= 0.6 is 0 Å². The van der Waals surface area contributed by atoms with Gasteiger partial charge in [-0.25, -0.2) is 0 Å². The van der Waals surface area contributed by atoms with E-state index < -0.39 is 12.1 Å². The van der Waals surface area contributed by atoms with Crippen molar-refractivity contribution < 1.29 is 24.5 Å². The van der Waals surface area contributed by atoms with Gasteiger partial charge in [-0.15, -0.1) is 0 Å². The third-order valence-electron chi connectivity index (χ3n) is 14.1. The van der Waals surface area contributed by atoms with Gasteiger partial charge >= 0.3 is 5.97 Å². The Morgan fingerprint density at radius 3 is 1.09 bits per heavy atom. The highest BCUT2D eigenvalue weighted by atomic mass is 16.5. The number of aliphatic hydroxyl groups excluding tert-OH is 2. The van der Waals surface area contributed by atoms with E-state index in [1.54, 1.807) is 0 Å². The normalized spacial score (nSPS) is 12.6. The first-order chi connectivity index (χ1) is 32.5. The molecule has 6 heteroatoms. The fraction of sp³-hybridized carbons (Fsp3) is 0.933. The van der Waals surface area contributed by atoms with Gasteiger partial charge in [-0.3, -0.25) is 9.59 Å². The molecule has 0 saturated heterocycles. The van der Waals surface area contributed by atoms with Crippen LogP contribution in [0.1, 0.15) is 335 Å². The van der Waals surface area contributed by atoms with Crippen LogP contribution in [-0.4, -0.2) is 47.4 Å². The Morgan fingerprint density at radius 1 is 0.409 bits per heavy atom. The molecule has 392 valence electrons. The predicted octanol–water partition coefficient (Wildman–Crippen LogP) is 18.5. The van der Waals surface area contributed by atoms with Gasteiger partial charge in [-0.05, 0) is 51.4 Å². The minimum Gasteiger partial charge on any atom is -0.466 e. The molecule has 0 fully saturated rings. The molecule has 0 aliphatic carbocycles. The van der Waals surface area contributed by atoms with E-state index in [2.05, 4.69) is 31.3 Å². The van der Waals surface area contributed by atoms with Crippen molar-refractivity contribution in [1.82, 2.24) is 5.32 Å². The van der Waals surface area contributed by atoms with Crippen molar-refractivity contribution in [2.24, 2.45) is 0 Å². The van der Waals surface area contributed by atoms with Gasteiger partial charge in [-0.2, -0.15) is 0 Å². The zero-order chi connectivity index (χ0) is 47.9. The Hall–Kier alpha value is -1.40. The summed E-state index contributed by atoms with van der Waals surface area (Å²) in [6.07, 6.45) is 66.4. The summed E-state index contributed by atoms with van der Waals surface area (Å²) in [5.41, 5.74) is 0. The molecule has 0 aromatic rings. The van der Waals surface area contributed by atoms with Crippen LogP contribution in [0.25, 0.3) is 0 Å². The molecule has 6 nitrogen and oxygen atoms in total. The zero-order valence-corrected chi connectivity index (χ0v) is 44.7. The second-order valence-corrected chi connectivity index (χ2v) is 20.7. The second kappa shape index (κ2) is 56.2. The summed E-state index contributed by atoms with van der Waals surface area (Å²) in [7, 11) is 0. The largest absolute Gasteiger partial charge is 0.466 e. The molecular formula is C60H117NO5. The lowest BCUT2D eigenvalue weighted by molar-refractivity contribution is -0.143. The smallest absolute Gasteiger partial charge is 0.305 e. The molecule has 0 saturated carbocycles. The summed E-state index contributed by atoms with van der Waals surface area (Å²) in [6, 6.07) is -0.540. The van der Waals surface area contributed by atoms with Crippen molar-refractivity contribution in [3.63, 3.8) is 0 Å². The van der Waals surface area contributed by atoms with E-state index >= 15 is 0 Å². The molecular weight excluding hydrogens is 815 g/mol. The first kappa shape index (κ1) is 64.6. The molecule has 0 heterocycles. The fourth-order valence-electron chi connectivity index (χ4n) is 9.46. The topological polar surface area (TPSA) is 95.9 Å². The first-order valence-corrected chi connectivity index (χ1v) is 29.9. The standard InChI is InChI=1S/C60H117NO5/c1-3-5-7-9-11-13-15-17-29-32-36-40-44-48-52-58(63)57(56-62)61-59(64)53-49-45-41-37-33-30-26-24-22-20-18-19-21-23-25-27-31-35-39-43-47-51-55-66-60(65)54-50-46-42-38-34-28-16-14-12-10-8-6-4-2/h14,16,57-58,62-63H,3-13,15,17-56H2,1-2H3,(H,61,64)/b16-14-. The number of rotatable bonds is 56. The molecule has 3 N–H and O–H groups in total. The lowest BCUT2D eigenvalue weighted by Gasteiger charge is -2.22. The fourth-order valence-corrected chi connectivity index (χ4v) is 9.46. The van der Waals surface area contributed by atoms with Crippen LogP contribution < -0.4 is 5.32 Å². The Labute approximate surface area is 412 Å². The third kappa shape index (κ3) is 52.0. The number of hydrogen-bond donors (Lipinski definition) is 3. The monoisotopic (exact) mass is 932 g/mol. The molecule has 0 aromatic carbocycles. The molecule has 0 aliphatic heterocycles. The number of ether oxygens (including phenoxy) is 1. The number of hydrogen-bond acceptors (Lipinski definition) is 5. The van der Waals surface area contributed by atoms with Gasteiger partial charge in [0.25, 0.3) is 0 Å². The van der Waals surface area contributed by atoms with E-state index in [0.717, 1.165) is 44.9 Å². The molecule has 0 rings (SSSR count). The van der Waals surface area contributed by atoms with Crippen LogP contribution in [-0.2, 0) is 14.3 Å².